The zero-order chi connectivity index (χ0) is 24.9. The first-order valence-corrected chi connectivity index (χ1v) is 11.3. The molecule has 0 unspecified atom stereocenters. The molecule has 0 bridgehead atoms. The number of methoxy groups -OCH3 is 2. The first-order chi connectivity index (χ1) is 16.1. The number of aromatic nitrogens is 3. The number of benzene rings is 2. The number of hydrogen-bond donors (Lipinski definition) is 6. The summed E-state index contributed by atoms with van der Waals surface area (Å²) in [6.45, 7) is 1.72. The summed E-state index contributed by atoms with van der Waals surface area (Å²) in [7, 11) is -0.867. The second-order valence-electron chi connectivity index (χ2n) is 7.04. The van der Waals surface area contributed by atoms with Crippen LogP contribution in [0.1, 0.15) is 11.4 Å². The monoisotopic (exact) mass is 488 g/mol. The van der Waals surface area contributed by atoms with Gasteiger partial charge in [-0.05, 0) is 36.8 Å². The van der Waals surface area contributed by atoms with Crippen LogP contribution < -0.4 is 30.6 Å². The molecular formula is C20H24N8O5S. The first-order valence-electron chi connectivity index (χ1n) is 9.78. The number of hydrogen-bond acceptors (Lipinski definition) is 8. The summed E-state index contributed by atoms with van der Waals surface area (Å²) in [5.74, 6) is 0.802. The molecule has 3 rings (SSSR count). The highest BCUT2D eigenvalue weighted by molar-refractivity contribution is 7.89. The van der Waals surface area contributed by atoms with Crippen LogP contribution in [0.15, 0.2) is 41.3 Å². The molecule has 1 aromatic heterocycles. The molecule has 180 valence electrons. The van der Waals surface area contributed by atoms with Gasteiger partial charge in [-0.15, -0.1) is 0 Å². The molecule has 0 fully saturated rings. The van der Waals surface area contributed by atoms with E-state index in [2.05, 4.69) is 31.1 Å². The van der Waals surface area contributed by atoms with E-state index in [1.807, 2.05) is 0 Å². The Kier molecular flexibility index (Phi) is 7.33. The molecule has 0 aliphatic heterocycles. The normalized spacial score (nSPS) is 10.9. The Hall–Kier alpha value is -4.17. The van der Waals surface area contributed by atoms with Gasteiger partial charge in [-0.25, -0.2) is 18.7 Å². The summed E-state index contributed by atoms with van der Waals surface area (Å²) in [6, 6.07) is 9.26. The quantitative estimate of drug-likeness (QED) is 0.200. The molecule has 0 radical (unpaired) electrons. The lowest BCUT2D eigenvalue weighted by atomic mass is 10.2. The highest BCUT2D eigenvalue weighted by Crippen LogP contribution is 2.29. The fourth-order valence-electron chi connectivity index (χ4n) is 2.89. The highest BCUT2D eigenvalue weighted by Gasteiger charge is 2.14. The smallest absolute Gasteiger partial charge is 0.238 e. The third-order valence-corrected chi connectivity index (χ3v) is 5.47. The number of carbonyl (C=O) groups is 1. The van der Waals surface area contributed by atoms with Crippen LogP contribution >= 0.6 is 0 Å². The van der Waals surface area contributed by atoms with E-state index in [1.165, 1.54) is 26.4 Å². The molecule has 14 heteroatoms. The number of H-pyrrole nitrogens is 1. The van der Waals surface area contributed by atoms with Crippen molar-refractivity contribution < 1.29 is 22.7 Å². The zero-order valence-electron chi connectivity index (χ0n) is 18.6. The summed E-state index contributed by atoms with van der Waals surface area (Å²) in [5, 5.41) is 27.9. The number of ether oxygens (including phenoxy) is 2. The second kappa shape index (κ2) is 10.2. The largest absolute Gasteiger partial charge is 0.493 e. The van der Waals surface area contributed by atoms with E-state index < -0.39 is 15.9 Å². The first kappa shape index (κ1) is 24.5. The maximum atomic E-state index is 12.4. The maximum absolute atomic E-state index is 12.4. The van der Waals surface area contributed by atoms with Gasteiger partial charge in [-0.1, -0.05) is 6.07 Å². The number of carbonyl (C=O) groups excluding carboxylic acids is 1. The predicted octanol–water partition coefficient (Wildman–Crippen LogP) is 1.42. The molecule has 0 atom stereocenters. The van der Waals surface area contributed by atoms with Gasteiger partial charge < -0.3 is 20.1 Å². The number of nitrogens with zero attached hydrogens (tertiary/aromatic N) is 2. The van der Waals surface area contributed by atoms with Gasteiger partial charge in [-0.2, -0.15) is 10.1 Å². The summed E-state index contributed by atoms with van der Waals surface area (Å²) >= 11 is 0. The van der Waals surface area contributed by atoms with Crippen LogP contribution in [0.25, 0.3) is 0 Å². The molecule has 0 saturated heterocycles. The molecule has 34 heavy (non-hydrogen) atoms. The Morgan fingerprint density at radius 2 is 1.82 bits per heavy atom. The Morgan fingerprint density at radius 3 is 2.50 bits per heavy atom. The maximum Gasteiger partial charge on any atom is 0.238 e. The van der Waals surface area contributed by atoms with Crippen LogP contribution in [0.2, 0.25) is 0 Å². The number of anilines is 3. The molecule has 0 saturated carbocycles. The zero-order valence-corrected chi connectivity index (χ0v) is 19.4. The van der Waals surface area contributed by atoms with Crippen LogP contribution in [-0.2, 0) is 21.2 Å². The number of amides is 1. The van der Waals surface area contributed by atoms with Crippen molar-refractivity contribution in [2.24, 2.45) is 5.14 Å². The minimum atomic E-state index is -3.90. The summed E-state index contributed by atoms with van der Waals surface area (Å²) in [6.07, 6.45) is -0.187. The molecule has 1 heterocycles. The molecule has 0 aliphatic carbocycles. The van der Waals surface area contributed by atoms with Crippen molar-refractivity contribution in [3.8, 4) is 11.5 Å². The van der Waals surface area contributed by atoms with E-state index in [0.29, 0.717) is 28.4 Å². The van der Waals surface area contributed by atoms with Crippen molar-refractivity contribution in [2.75, 3.05) is 30.2 Å². The van der Waals surface area contributed by atoms with Crippen LogP contribution in [0.5, 0.6) is 11.5 Å². The summed E-state index contributed by atoms with van der Waals surface area (Å²) in [5.41, 5.74) is 1.55. The van der Waals surface area contributed by atoms with Gasteiger partial charge in [0.15, 0.2) is 23.3 Å². The van der Waals surface area contributed by atoms with Gasteiger partial charge in [0.25, 0.3) is 0 Å². The number of guanidine groups is 1. The van der Waals surface area contributed by atoms with Gasteiger partial charge in [0.1, 0.15) is 0 Å². The lowest BCUT2D eigenvalue weighted by molar-refractivity contribution is -0.115. The van der Waals surface area contributed by atoms with E-state index in [4.69, 9.17) is 20.0 Å². The van der Waals surface area contributed by atoms with Crippen LogP contribution in [-0.4, -0.2) is 49.7 Å². The molecule has 0 spiro atoms. The van der Waals surface area contributed by atoms with Crippen molar-refractivity contribution in [2.45, 2.75) is 18.2 Å². The van der Waals surface area contributed by atoms with Crippen molar-refractivity contribution in [1.82, 2.24) is 15.2 Å². The molecule has 0 aliphatic rings. The number of aromatic amines is 1. The minimum Gasteiger partial charge on any atom is -0.493 e. The van der Waals surface area contributed by atoms with E-state index in [9.17, 15) is 13.2 Å². The van der Waals surface area contributed by atoms with E-state index in [0.717, 1.165) is 0 Å². The fraction of sp³-hybridized carbons (Fsp3) is 0.200. The average Bonchev–Trinajstić information content (AvgIpc) is 3.20. The Bertz CT molecular complexity index is 1320. The average molecular weight is 489 g/mol. The van der Waals surface area contributed by atoms with E-state index in [1.54, 1.807) is 31.2 Å². The van der Waals surface area contributed by atoms with Gasteiger partial charge in [0.05, 0.1) is 25.5 Å². The van der Waals surface area contributed by atoms with E-state index >= 15 is 0 Å². The molecule has 2 aromatic carbocycles. The number of nitrogens with two attached hydrogens (primary N) is 1. The molecule has 7 N–H and O–H groups in total. The number of primary sulfonamides is 1. The summed E-state index contributed by atoms with van der Waals surface area (Å²) < 4.78 is 33.5. The van der Waals surface area contributed by atoms with Gasteiger partial charge >= 0.3 is 0 Å². The predicted molar refractivity (Wildman–Crippen MR) is 126 cm³/mol. The van der Waals surface area contributed by atoms with Crippen LogP contribution in [0.4, 0.5) is 17.3 Å². The molecule has 1 amide bonds. The van der Waals surface area contributed by atoms with Gasteiger partial charge in [0, 0.05) is 17.4 Å². The van der Waals surface area contributed by atoms with Crippen molar-refractivity contribution in [3.05, 3.63) is 47.8 Å². The molecular weight excluding hydrogens is 464 g/mol. The van der Waals surface area contributed by atoms with Crippen LogP contribution in [0, 0.1) is 12.3 Å². The SMILES string of the molecule is COc1ccc(NC(=N)Nc2nc(CC(=O)Nc3cc(S(N)(=O)=O)ccc3C)n[nH]2)cc1OC. The van der Waals surface area contributed by atoms with Gasteiger partial charge in [-0.3, -0.25) is 15.5 Å². The lowest BCUT2D eigenvalue weighted by Crippen LogP contribution is -2.21. The van der Waals surface area contributed by atoms with E-state index in [-0.39, 0.29) is 29.0 Å². The standard InChI is InChI=1S/C20H24N8O5S/c1-11-4-6-13(34(22,30)31)9-14(11)24-18(29)10-17-25-20(28-27-17)26-19(21)23-12-5-7-15(32-2)16(8-12)33-3/h4-9H,10H2,1-3H3,(H,24,29)(H2,22,30,31)(H4,21,23,25,26,27,28). The third kappa shape index (κ3) is 6.20. The summed E-state index contributed by atoms with van der Waals surface area (Å²) in [4.78, 5) is 16.4. The second-order valence-corrected chi connectivity index (χ2v) is 8.60. The van der Waals surface area contributed by atoms with Crippen molar-refractivity contribution in [1.29, 1.82) is 5.41 Å². The minimum absolute atomic E-state index is 0.102. The van der Waals surface area contributed by atoms with Crippen molar-refractivity contribution in [3.63, 3.8) is 0 Å². The Morgan fingerprint density at radius 1 is 1.09 bits per heavy atom. The third-order valence-electron chi connectivity index (χ3n) is 4.56. The Balaban J connectivity index is 1.59. The van der Waals surface area contributed by atoms with Gasteiger partial charge in [0.2, 0.25) is 21.9 Å². The number of rotatable bonds is 8. The van der Waals surface area contributed by atoms with Crippen LogP contribution in [0.3, 0.4) is 0 Å². The Labute approximate surface area is 195 Å². The topological polar surface area (TPSA) is 197 Å². The number of sulfonamides is 1. The molecule has 13 nitrogen and oxygen atoms in total. The fourth-order valence-corrected chi connectivity index (χ4v) is 3.43. The number of nitrogens with one attached hydrogen (secondary N) is 5. The lowest BCUT2D eigenvalue weighted by Gasteiger charge is -2.11. The highest BCUT2D eigenvalue weighted by atomic mass is 32.2. The molecule has 3 aromatic rings. The number of aryl methyl sites for hydroxylation is 1. The van der Waals surface area contributed by atoms with Crippen molar-refractivity contribution >= 4 is 39.2 Å².